The molecule has 0 saturated heterocycles. The fraction of sp³-hybridized carbons (Fsp3) is 0.357. The van der Waals surface area contributed by atoms with E-state index >= 15 is 0 Å². The molecule has 3 atom stereocenters. The van der Waals surface area contributed by atoms with Crippen LogP contribution in [0.3, 0.4) is 0 Å². The maximum atomic E-state index is 10.9. The highest BCUT2D eigenvalue weighted by Crippen LogP contribution is 2.42. The van der Waals surface area contributed by atoms with Crippen LogP contribution in [0.5, 0.6) is 0 Å². The Morgan fingerprint density at radius 2 is 2.26 bits per heavy atom. The van der Waals surface area contributed by atoms with Gasteiger partial charge in [0, 0.05) is 17.0 Å². The van der Waals surface area contributed by atoms with Crippen molar-refractivity contribution in [3.05, 3.63) is 40.9 Å². The number of hydrogen-bond acceptors (Lipinski definition) is 4. The summed E-state index contributed by atoms with van der Waals surface area (Å²) in [6, 6.07) is 5.20. The normalized spacial score (nSPS) is 32.5. The molecule has 0 aliphatic carbocycles. The van der Waals surface area contributed by atoms with Gasteiger partial charge in [-0.25, -0.2) is 4.99 Å². The molecular formula is C14H15ClN2O2. The Balaban J connectivity index is 1.94. The SMILES string of the molecule is CC1C=CC(CC2(O)C(N)=Nc3ccc(Cl)cc32)O1. The average Bonchev–Trinajstić information content (AvgIpc) is 2.85. The van der Waals surface area contributed by atoms with Crippen LogP contribution in [0.1, 0.15) is 18.9 Å². The molecule has 1 aromatic rings. The second kappa shape index (κ2) is 4.34. The minimum atomic E-state index is -1.31. The fourth-order valence-electron chi connectivity index (χ4n) is 2.57. The third-order valence-electron chi connectivity index (χ3n) is 3.55. The van der Waals surface area contributed by atoms with Crippen molar-refractivity contribution in [2.75, 3.05) is 0 Å². The standard InChI is InChI=1S/C14H15ClN2O2/c1-8-2-4-10(19-8)7-14(18)11-6-9(15)3-5-12(11)17-13(14)16/h2-6,8,10,18H,7H2,1H3,(H2,16,17). The van der Waals surface area contributed by atoms with Gasteiger partial charge in [0.15, 0.2) is 5.60 Å². The summed E-state index contributed by atoms with van der Waals surface area (Å²) >= 11 is 5.99. The molecule has 19 heavy (non-hydrogen) atoms. The molecule has 2 heterocycles. The highest BCUT2D eigenvalue weighted by atomic mass is 35.5. The van der Waals surface area contributed by atoms with E-state index in [9.17, 15) is 5.11 Å². The Bertz CT molecular complexity index is 585. The van der Waals surface area contributed by atoms with Crippen LogP contribution in [-0.4, -0.2) is 23.2 Å². The van der Waals surface area contributed by atoms with Crippen molar-refractivity contribution in [1.82, 2.24) is 0 Å². The highest BCUT2D eigenvalue weighted by Gasteiger charge is 2.43. The Morgan fingerprint density at radius 3 is 2.95 bits per heavy atom. The lowest BCUT2D eigenvalue weighted by atomic mass is 9.88. The van der Waals surface area contributed by atoms with Crippen LogP contribution in [0.15, 0.2) is 35.3 Å². The first-order valence-corrected chi connectivity index (χ1v) is 6.58. The molecule has 5 heteroatoms. The van der Waals surface area contributed by atoms with Crippen molar-refractivity contribution < 1.29 is 9.84 Å². The van der Waals surface area contributed by atoms with Gasteiger partial charge in [-0.05, 0) is 25.1 Å². The van der Waals surface area contributed by atoms with Gasteiger partial charge in [-0.2, -0.15) is 0 Å². The first kappa shape index (κ1) is 12.7. The molecule has 3 unspecified atom stereocenters. The van der Waals surface area contributed by atoms with Crippen LogP contribution in [0.2, 0.25) is 5.02 Å². The van der Waals surface area contributed by atoms with Gasteiger partial charge in [0.1, 0.15) is 5.84 Å². The Morgan fingerprint density at radius 1 is 1.47 bits per heavy atom. The molecule has 0 radical (unpaired) electrons. The molecule has 1 aromatic carbocycles. The van der Waals surface area contributed by atoms with Crippen molar-refractivity contribution in [1.29, 1.82) is 0 Å². The maximum Gasteiger partial charge on any atom is 0.151 e. The molecule has 2 aliphatic heterocycles. The van der Waals surface area contributed by atoms with E-state index in [4.69, 9.17) is 22.1 Å². The van der Waals surface area contributed by atoms with Crippen molar-refractivity contribution in [3.63, 3.8) is 0 Å². The van der Waals surface area contributed by atoms with E-state index in [-0.39, 0.29) is 18.0 Å². The third-order valence-corrected chi connectivity index (χ3v) is 3.79. The van der Waals surface area contributed by atoms with Crippen LogP contribution in [0.25, 0.3) is 0 Å². The number of halogens is 1. The highest BCUT2D eigenvalue weighted by molar-refractivity contribution is 6.30. The number of nitrogens with zero attached hydrogens (tertiary/aromatic N) is 1. The van der Waals surface area contributed by atoms with E-state index in [0.717, 1.165) is 0 Å². The molecule has 0 spiro atoms. The topological polar surface area (TPSA) is 67.8 Å². The van der Waals surface area contributed by atoms with Crippen LogP contribution in [-0.2, 0) is 10.3 Å². The van der Waals surface area contributed by atoms with E-state index in [1.807, 2.05) is 19.1 Å². The number of aliphatic imine (C=N–C) groups is 1. The molecule has 0 aromatic heterocycles. The lowest BCUT2D eigenvalue weighted by molar-refractivity contribution is 0.00969. The minimum Gasteiger partial charge on any atom is -0.384 e. The largest absolute Gasteiger partial charge is 0.384 e. The molecule has 0 fully saturated rings. The average molecular weight is 279 g/mol. The molecule has 3 N–H and O–H groups in total. The zero-order valence-electron chi connectivity index (χ0n) is 10.5. The van der Waals surface area contributed by atoms with Crippen LogP contribution < -0.4 is 5.73 Å². The Hall–Kier alpha value is -1.36. The monoisotopic (exact) mass is 278 g/mol. The van der Waals surface area contributed by atoms with E-state index in [1.165, 1.54) is 0 Å². The molecule has 2 aliphatic rings. The van der Waals surface area contributed by atoms with Crippen LogP contribution in [0, 0.1) is 0 Å². The number of fused-ring (bicyclic) bond motifs is 1. The molecule has 3 rings (SSSR count). The van der Waals surface area contributed by atoms with Crippen LogP contribution >= 0.6 is 11.6 Å². The summed E-state index contributed by atoms with van der Waals surface area (Å²) in [6.07, 6.45) is 4.15. The predicted molar refractivity (Wildman–Crippen MR) is 74.7 cm³/mol. The molecule has 100 valence electrons. The van der Waals surface area contributed by atoms with E-state index < -0.39 is 5.60 Å². The fourth-order valence-corrected chi connectivity index (χ4v) is 2.74. The molecular weight excluding hydrogens is 264 g/mol. The Kier molecular flexibility index (Phi) is 2.89. The van der Waals surface area contributed by atoms with Gasteiger partial charge < -0.3 is 15.6 Å². The van der Waals surface area contributed by atoms with Gasteiger partial charge in [-0.1, -0.05) is 23.8 Å². The summed E-state index contributed by atoms with van der Waals surface area (Å²) in [5.41, 5.74) is 5.91. The predicted octanol–water partition coefficient (Wildman–Crippen LogP) is 2.26. The van der Waals surface area contributed by atoms with E-state index in [1.54, 1.807) is 18.2 Å². The summed E-state index contributed by atoms with van der Waals surface area (Å²) in [6.45, 7) is 1.96. The summed E-state index contributed by atoms with van der Waals surface area (Å²) < 4.78 is 5.67. The van der Waals surface area contributed by atoms with E-state index in [2.05, 4.69) is 4.99 Å². The lowest BCUT2D eigenvalue weighted by Gasteiger charge is -2.27. The first-order valence-electron chi connectivity index (χ1n) is 6.20. The molecule has 0 bridgehead atoms. The summed E-state index contributed by atoms with van der Waals surface area (Å²) in [5.74, 6) is 0.196. The maximum absolute atomic E-state index is 10.9. The van der Waals surface area contributed by atoms with Gasteiger partial charge in [0.05, 0.1) is 17.9 Å². The third kappa shape index (κ3) is 2.06. The van der Waals surface area contributed by atoms with Crippen molar-refractivity contribution >= 4 is 23.1 Å². The van der Waals surface area contributed by atoms with Gasteiger partial charge in [0.2, 0.25) is 0 Å². The zero-order valence-corrected chi connectivity index (χ0v) is 11.3. The van der Waals surface area contributed by atoms with Crippen molar-refractivity contribution in [2.24, 2.45) is 10.7 Å². The number of aliphatic hydroxyl groups is 1. The summed E-state index contributed by atoms with van der Waals surface area (Å²) in [5, 5.41) is 11.4. The van der Waals surface area contributed by atoms with Gasteiger partial charge >= 0.3 is 0 Å². The number of amidine groups is 1. The van der Waals surface area contributed by atoms with Gasteiger partial charge in [-0.3, -0.25) is 0 Å². The molecule has 0 amide bonds. The smallest absolute Gasteiger partial charge is 0.151 e. The van der Waals surface area contributed by atoms with Crippen LogP contribution in [0.4, 0.5) is 5.69 Å². The number of ether oxygens (including phenoxy) is 1. The second-order valence-electron chi connectivity index (χ2n) is 4.99. The number of benzene rings is 1. The second-order valence-corrected chi connectivity index (χ2v) is 5.42. The Labute approximate surface area is 116 Å². The number of nitrogens with two attached hydrogens (primary N) is 1. The first-order chi connectivity index (χ1) is 8.99. The van der Waals surface area contributed by atoms with Crippen molar-refractivity contribution in [3.8, 4) is 0 Å². The van der Waals surface area contributed by atoms with Gasteiger partial charge in [0.25, 0.3) is 0 Å². The van der Waals surface area contributed by atoms with E-state index in [0.29, 0.717) is 22.7 Å². The molecule has 4 nitrogen and oxygen atoms in total. The zero-order chi connectivity index (χ0) is 13.6. The summed E-state index contributed by atoms with van der Waals surface area (Å²) in [4.78, 5) is 4.21. The van der Waals surface area contributed by atoms with Gasteiger partial charge in [-0.15, -0.1) is 0 Å². The summed E-state index contributed by atoms with van der Waals surface area (Å²) in [7, 11) is 0. The lowest BCUT2D eigenvalue weighted by Crippen LogP contribution is -2.41. The van der Waals surface area contributed by atoms with Crippen molar-refractivity contribution in [2.45, 2.75) is 31.2 Å². The number of rotatable bonds is 2. The number of hydrogen-bond donors (Lipinski definition) is 2. The minimum absolute atomic E-state index is 0.0620. The quantitative estimate of drug-likeness (QED) is 0.816. The molecule has 0 saturated carbocycles.